The molecule has 0 unspecified atom stereocenters. The maximum Gasteiger partial charge on any atom is 0.177 e. The molecule has 0 aromatic rings. The normalized spacial score (nSPS) is 33.8. The average Bonchev–Trinajstić information content (AvgIpc) is 2.37. The van der Waals surface area contributed by atoms with Gasteiger partial charge in [-0.3, -0.25) is 0 Å². The highest BCUT2D eigenvalue weighted by Crippen LogP contribution is 2.11. The summed E-state index contributed by atoms with van der Waals surface area (Å²) in [6, 6.07) is 0. The van der Waals surface area contributed by atoms with E-state index in [-0.39, 0.29) is 19.0 Å². The first-order chi connectivity index (χ1) is 4.86. The molecule has 1 fully saturated rings. The van der Waals surface area contributed by atoms with Crippen LogP contribution < -0.4 is 0 Å². The Kier molecular flexibility index (Phi) is 2.86. The molecule has 0 radical (unpaired) electrons. The lowest BCUT2D eigenvalue weighted by molar-refractivity contribution is -0.0299. The molecule has 0 amide bonds. The molecule has 10 heavy (non-hydrogen) atoms. The lowest BCUT2D eigenvalue weighted by Gasteiger charge is -2.03. The standard InChI is InChI=1S/C7H12O3/c1-2-3-7-9-5-6(4-8)10-7/h2-3,6-8H,4-5H2,1H3/b3-2+/t6-,7+/m0/s1. The molecule has 2 atom stereocenters. The van der Waals surface area contributed by atoms with E-state index in [0.29, 0.717) is 6.61 Å². The summed E-state index contributed by atoms with van der Waals surface area (Å²) >= 11 is 0. The van der Waals surface area contributed by atoms with Crippen molar-refractivity contribution >= 4 is 0 Å². The zero-order valence-electron chi connectivity index (χ0n) is 5.99. The predicted molar refractivity (Wildman–Crippen MR) is 36.5 cm³/mol. The van der Waals surface area contributed by atoms with Crippen LogP contribution in [0.25, 0.3) is 0 Å². The van der Waals surface area contributed by atoms with Gasteiger partial charge in [0.25, 0.3) is 0 Å². The number of hydrogen-bond donors (Lipinski definition) is 1. The molecular weight excluding hydrogens is 132 g/mol. The van der Waals surface area contributed by atoms with E-state index < -0.39 is 0 Å². The third-order valence-electron chi connectivity index (χ3n) is 1.33. The van der Waals surface area contributed by atoms with Crippen LogP contribution >= 0.6 is 0 Å². The zero-order chi connectivity index (χ0) is 7.40. The van der Waals surface area contributed by atoms with Crippen LogP contribution in [0.5, 0.6) is 0 Å². The van der Waals surface area contributed by atoms with E-state index in [1.165, 1.54) is 0 Å². The first-order valence-corrected chi connectivity index (χ1v) is 3.37. The maximum atomic E-state index is 8.62. The molecule has 3 nitrogen and oxygen atoms in total. The van der Waals surface area contributed by atoms with Gasteiger partial charge in [0.2, 0.25) is 0 Å². The highest BCUT2D eigenvalue weighted by molar-refractivity contribution is 4.84. The Bertz CT molecular complexity index is 122. The van der Waals surface area contributed by atoms with Gasteiger partial charge in [-0.1, -0.05) is 6.08 Å². The summed E-state index contributed by atoms with van der Waals surface area (Å²) in [6.45, 7) is 2.43. The van der Waals surface area contributed by atoms with E-state index >= 15 is 0 Å². The first kappa shape index (κ1) is 7.72. The van der Waals surface area contributed by atoms with Gasteiger partial charge in [0.15, 0.2) is 6.29 Å². The molecule has 1 rings (SSSR count). The fourth-order valence-electron chi connectivity index (χ4n) is 0.824. The monoisotopic (exact) mass is 144 g/mol. The van der Waals surface area contributed by atoms with Gasteiger partial charge in [-0.15, -0.1) is 0 Å². The maximum absolute atomic E-state index is 8.62. The van der Waals surface area contributed by atoms with Crippen molar-refractivity contribution in [2.24, 2.45) is 0 Å². The van der Waals surface area contributed by atoms with Crippen molar-refractivity contribution in [3.8, 4) is 0 Å². The van der Waals surface area contributed by atoms with Gasteiger partial charge in [0.05, 0.1) is 13.2 Å². The van der Waals surface area contributed by atoms with E-state index in [0.717, 1.165) is 0 Å². The molecule has 0 aromatic heterocycles. The lowest BCUT2D eigenvalue weighted by atomic mass is 10.4. The molecule has 1 aliphatic rings. The van der Waals surface area contributed by atoms with E-state index in [4.69, 9.17) is 14.6 Å². The minimum absolute atomic E-state index is 0.0358. The summed E-state index contributed by atoms with van der Waals surface area (Å²) < 4.78 is 10.3. The predicted octanol–water partition coefficient (Wildman–Crippen LogP) is 0.296. The van der Waals surface area contributed by atoms with Crippen molar-refractivity contribution in [3.05, 3.63) is 12.2 Å². The van der Waals surface area contributed by atoms with Crippen LogP contribution in [0.15, 0.2) is 12.2 Å². The van der Waals surface area contributed by atoms with Crippen molar-refractivity contribution in [1.29, 1.82) is 0 Å². The molecule has 1 N–H and O–H groups in total. The van der Waals surface area contributed by atoms with Crippen LogP contribution in [0, 0.1) is 0 Å². The molecule has 1 saturated heterocycles. The molecular formula is C7H12O3. The Hall–Kier alpha value is -0.380. The molecule has 0 saturated carbocycles. The van der Waals surface area contributed by atoms with Gasteiger partial charge in [0.1, 0.15) is 6.10 Å². The number of aliphatic hydroxyl groups is 1. The second-order valence-electron chi connectivity index (χ2n) is 2.17. The highest BCUT2D eigenvalue weighted by Gasteiger charge is 2.22. The Morgan fingerprint density at radius 2 is 2.50 bits per heavy atom. The first-order valence-electron chi connectivity index (χ1n) is 3.37. The minimum atomic E-state index is -0.248. The second-order valence-corrected chi connectivity index (χ2v) is 2.17. The number of aliphatic hydroxyl groups excluding tert-OH is 1. The molecule has 0 aromatic carbocycles. The molecule has 0 spiro atoms. The third kappa shape index (κ3) is 1.80. The van der Waals surface area contributed by atoms with Crippen LogP contribution in [0.1, 0.15) is 6.92 Å². The SMILES string of the molecule is C/C=C/[C@@H]1OC[C@H](CO)O1. The molecule has 0 aliphatic carbocycles. The molecule has 58 valence electrons. The van der Waals surface area contributed by atoms with Crippen LogP contribution in [-0.4, -0.2) is 30.7 Å². The van der Waals surface area contributed by atoms with Crippen molar-refractivity contribution in [3.63, 3.8) is 0 Å². The van der Waals surface area contributed by atoms with Crippen molar-refractivity contribution in [2.45, 2.75) is 19.3 Å². The number of ether oxygens (including phenoxy) is 2. The number of hydrogen-bond acceptors (Lipinski definition) is 3. The van der Waals surface area contributed by atoms with Gasteiger partial charge < -0.3 is 14.6 Å². The Labute approximate surface area is 60.3 Å². The molecule has 3 heteroatoms. The fourth-order valence-corrected chi connectivity index (χ4v) is 0.824. The minimum Gasteiger partial charge on any atom is -0.394 e. The number of rotatable bonds is 2. The van der Waals surface area contributed by atoms with Crippen LogP contribution in [0.2, 0.25) is 0 Å². The highest BCUT2D eigenvalue weighted by atomic mass is 16.7. The van der Waals surface area contributed by atoms with E-state index in [2.05, 4.69) is 0 Å². The summed E-state index contributed by atoms with van der Waals surface area (Å²) in [6.07, 6.45) is 3.29. The number of allylic oxidation sites excluding steroid dienone is 1. The molecule has 1 aliphatic heterocycles. The van der Waals surface area contributed by atoms with Gasteiger partial charge >= 0.3 is 0 Å². The summed E-state index contributed by atoms with van der Waals surface area (Å²) in [5.41, 5.74) is 0. The van der Waals surface area contributed by atoms with E-state index in [9.17, 15) is 0 Å². The Morgan fingerprint density at radius 3 is 3.00 bits per heavy atom. The summed E-state index contributed by atoms with van der Waals surface area (Å²) in [5.74, 6) is 0. The van der Waals surface area contributed by atoms with Crippen LogP contribution in [0.4, 0.5) is 0 Å². The van der Waals surface area contributed by atoms with E-state index in [1.54, 1.807) is 0 Å². The molecule has 1 heterocycles. The van der Waals surface area contributed by atoms with E-state index in [1.807, 2.05) is 19.1 Å². The topological polar surface area (TPSA) is 38.7 Å². The van der Waals surface area contributed by atoms with Crippen LogP contribution in [-0.2, 0) is 9.47 Å². The Morgan fingerprint density at radius 1 is 1.70 bits per heavy atom. The van der Waals surface area contributed by atoms with Gasteiger partial charge in [-0.05, 0) is 13.0 Å². The summed E-state index contributed by atoms with van der Waals surface area (Å²) in [7, 11) is 0. The van der Waals surface area contributed by atoms with Gasteiger partial charge in [-0.2, -0.15) is 0 Å². The smallest absolute Gasteiger partial charge is 0.177 e. The van der Waals surface area contributed by atoms with Crippen molar-refractivity contribution < 1.29 is 14.6 Å². The Balaban J connectivity index is 2.28. The van der Waals surface area contributed by atoms with Crippen molar-refractivity contribution in [1.82, 2.24) is 0 Å². The average molecular weight is 144 g/mol. The quantitative estimate of drug-likeness (QED) is 0.566. The second kappa shape index (κ2) is 3.71. The largest absolute Gasteiger partial charge is 0.394 e. The summed E-state index contributed by atoms with van der Waals surface area (Å²) in [5, 5.41) is 8.62. The van der Waals surface area contributed by atoms with Gasteiger partial charge in [-0.25, -0.2) is 0 Å². The van der Waals surface area contributed by atoms with Gasteiger partial charge in [0, 0.05) is 0 Å². The lowest BCUT2D eigenvalue weighted by Crippen LogP contribution is -2.15. The fraction of sp³-hybridized carbons (Fsp3) is 0.714. The van der Waals surface area contributed by atoms with Crippen LogP contribution in [0.3, 0.4) is 0 Å². The zero-order valence-corrected chi connectivity index (χ0v) is 5.99. The summed E-state index contributed by atoms with van der Waals surface area (Å²) in [4.78, 5) is 0. The third-order valence-corrected chi connectivity index (χ3v) is 1.33. The molecule has 0 bridgehead atoms. The van der Waals surface area contributed by atoms with Crippen molar-refractivity contribution in [2.75, 3.05) is 13.2 Å².